The molecule has 0 atom stereocenters. The first-order valence-corrected chi connectivity index (χ1v) is 6.95. The summed E-state index contributed by atoms with van der Waals surface area (Å²) in [7, 11) is 1.29. The summed E-state index contributed by atoms with van der Waals surface area (Å²) < 4.78 is 4.67. The Morgan fingerprint density at radius 1 is 1.10 bits per heavy atom. The molecule has 2 aromatic carbocycles. The second kappa shape index (κ2) is 6.43. The lowest BCUT2D eigenvalue weighted by Gasteiger charge is -2.12. The van der Waals surface area contributed by atoms with Gasteiger partial charge in [0.15, 0.2) is 0 Å². The van der Waals surface area contributed by atoms with Crippen LogP contribution in [0.25, 0.3) is 0 Å². The monoisotopic (exact) mass is 344 g/mol. The van der Waals surface area contributed by atoms with E-state index in [0.29, 0.717) is 32.1 Å². The molecule has 4 nitrogen and oxygen atoms in total. The number of esters is 1. The summed E-state index contributed by atoms with van der Waals surface area (Å²) in [5.74, 6) is -0.517. The molecule has 0 saturated heterocycles. The quantitative estimate of drug-likeness (QED) is 0.478. The maximum absolute atomic E-state index is 11.6. The SMILES string of the molecule is COC(=O)c1cc(Nc2cc(Cl)c(Cl)cc2Cl)ccc1N. The average molecular weight is 346 g/mol. The minimum Gasteiger partial charge on any atom is -0.465 e. The van der Waals surface area contributed by atoms with Gasteiger partial charge >= 0.3 is 5.97 Å². The van der Waals surface area contributed by atoms with Crippen molar-refractivity contribution < 1.29 is 9.53 Å². The number of hydrogen-bond donors (Lipinski definition) is 2. The number of carbonyl (C=O) groups excluding carboxylic acids is 1. The lowest BCUT2D eigenvalue weighted by molar-refractivity contribution is 0.0602. The summed E-state index contributed by atoms with van der Waals surface area (Å²) in [5.41, 5.74) is 7.51. The molecule has 7 heteroatoms. The van der Waals surface area contributed by atoms with Gasteiger partial charge in [-0.1, -0.05) is 34.8 Å². The van der Waals surface area contributed by atoms with Crippen LogP contribution >= 0.6 is 34.8 Å². The molecule has 0 unspecified atom stereocenters. The first-order valence-electron chi connectivity index (χ1n) is 5.81. The predicted molar refractivity (Wildman–Crippen MR) is 86.9 cm³/mol. The topological polar surface area (TPSA) is 64.3 Å². The summed E-state index contributed by atoms with van der Waals surface area (Å²) in [4.78, 5) is 11.6. The highest BCUT2D eigenvalue weighted by molar-refractivity contribution is 6.44. The molecule has 0 heterocycles. The van der Waals surface area contributed by atoms with E-state index in [4.69, 9.17) is 40.5 Å². The van der Waals surface area contributed by atoms with E-state index in [2.05, 4.69) is 10.1 Å². The minimum atomic E-state index is -0.517. The Kier molecular flexibility index (Phi) is 4.83. The van der Waals surface area contributed by atoms with Gasteiger partial charge in [0.2, 0.25) is 0 Å². The molecule has 0 saturated carbocycles. The van der Waals surface area contributed by atoms with E-state index in [1.807, 2.05) is 0 Å². The Labute approximate surface area is 136 Å². The van der Waals surface area contributed by atoms with Gasteiger partial charge in [0, 0.05) is 11.4 Å². The maximum Gasteiger partial charge on any atom is 0.340 e. The van der Waals surface area contributed by atoms with Gasteiger partial charge in [0.05, 0.1) is 33.4 Å². The Morgan fingerprint density at radius 3 is 2.43 bits per heavy atom. The van der Waals surface area contributed by atoms with Crippen molar-refractivity contribution in [2.75, 3.05) is 18.2 Å². The molecule has 21 heavy (non-hydrogen) atoms. The van der Waals surface area contributed by atoms with Gasteiger partial charge in [0.25, 0.3) is 0 Å². The number of nitrogen functional groups attached to an aromatic ring is 1. The molecule has 0 aliphatic carbocycles. The van der Waals surface area contributed by atoms with Crippen LogP contribution in [0.5, 0.6) is 0 Å². The van der Waals surface area contributed by atoms with E-state index in [0.717, 1.165) is 0 Å². The number of ether oxygens (including phenoxy) is 1. The van der Waals surface area contributed by atoms with E-state index < -0.39 is 5.97 Å². The zero-order valence-corrected chi connectivity index (χ0v) is 13.2. The Balaban J connectivity index is 2.36. The molecule has 0 spiro atoms. The fraction of sp³-hybridized carbons (Fsp3) is 0.0714. The van der Waals surface area contributed by atoms with Crippen LogP contribution in [0.4, 0.5) is 17.1 Å². The van der Waals surface area contributed by atoms with Crippen LogP contribution in [0, 0.1) is 0 Å². The van der Waals surface area contributed by atoms with Crippen molar-refractivity contribution in [3.8, 4) is 0 Å². The highest BCUT2D eigenvalue weighted by atomic mass is 35.5. The zero-order chi connectivity index (χ0) is 15.6. The molecule has 0 bridgehead atoms. The average Bonchev–Trinajstić information content (AvgIpc) is 2.45. The van der Waals surface area contributed by atoms with Gasteiger partial charge in [-0.2, -0.15) is 0 Å². The normalized spacial score (nSPS) is 10.3. The van der Waals surface area contributed by atoms with Crippen molar-refractivity contribution in [2.45, 2.75) is 0 Å². The number of rotatable bonds is 3. The first-order chi connectivity index (χ1) is 9.92. The number of halogens is 3. The first kappa shape index (κ1) is 15.8. The van der Waals surface area contributed by atoms with Crippen LogP contribution in [0.3, 0.4) is 0 Å². The third kappa shape index (κ3) is 3.53. The summed E-state index contributed by atoms with van der Waals surface area (Å²) in [6.07, 6.45) is 0. The van der Waals surface area contributed by atoms with Gasteiger partial charge in [-0.3, -0.25) is 0 Å². The van der Waals surface area contributed by atoms with Crippen molar-refractivity contribution in [3.05, 3.63) is 51.0 Å². The number of methoxy groups -OCH3 is 1. The van der Waals surface area contributed by atoms with Crippen LogP contribution in [-0.4, -0.2) is 13.1 Å². The second-order valence-electron chi connectivity index (χ2n) is 4.16. The third-order valence-electron chi connectivity index (χ3n) is 2.75. The van der Waals surface area contributed by atoms with Crippen molar-refractivity contribution in [1.82, 2.24) is 0 Å². The molecule has 0 radical (unpaired) electrons. The predicted octanol–water partition coefficient (Wildman–Crippen LogP) is 4.76. The van der Waals surface area contributed by atoms with E-state index in [9.17, 15) is 4.79 Å². The lowest BCUT2D eigenvalue weighted by atomic mass is 10.1. The maximum atomic E-state index is 11.6. The summed E-state index contributed by atoms with van der Waals surface area (Å²) in [6, 6.07) is 8.01. The molecular weight excluding hydrogens is 335 g/mol. The molecule has 0 aliphatic heterocycles. The van der Waals surface area contributed by atoms with Crippen LogP contribution in [0.15, 0.2) is 30.3 Å². The molecule has 3 N–H and O–H groups in total. The third-order valence-corrected chi connectivity index (χ3v) is 3.78. The van der Waals surface area contributed by atoms with Gasteiger partial charge < -0.3 is 15.8 Å². The molecule has 0 amide bonds. The number of hydrogen-bond acceptors (Lipinski definition) is 4. The Morgan fingerprint density at radius 2 is 1.76 bits per heavy atom. The highest BCUT2D eigenvalue weighted by Gasteiger charge is 2.12. The fourth-order valence-electron chi connectivity index (χ4n) is 1.69. The van der Waals surface area contributed by atoms with Crippen molar-refractivity contribution in [1.29, 1.82) is 0 Å². The van der Waals surface area contributed by atoms with E-state index >= 15 is 0 Å². The molecule has 0 aromatic heterocycles. The van der Waals surface area contributed by atoms with Crippen molar-refractivity contribution in [2.24, 2.45) is 0 Å². The summed E-state index contributed by atoms with van der Waals surface area (Å²) >= 11 is 17.9. The highest BCUT2D eigenvalue weighted by Crippen LogP contribution is 2.34. The summed E-state index contributed by atoms with van der Waals surface area (Å²) in [6.45, 7) is 0. The van der Waals surface area contributed by atoms with Crippen molar-refractivity contribution in [3.63, 3.8) is 0 Å². The molecule has 110 valence electrons. The number of carbonyl (C=O) groups is 1. The van der Waals surface area contributed by atoms with Crippen LogP contribution in [0.1, 0.15) is 10.4 Å². The number of benzene rings is 2. The van der Waals surface area contributed by atoms with Gasteiger partial charge in [-0.05, 0) is 30.3 Å². The Bertz CT molecular complexity index is 705. The molecule has 0 aliphatic rings. The molecule has 2 aromatic rings. The summed E-state index contributed by atoms with van der Waals surface area (Å²) in [5, 5.41) is 4.18. The largest absolute Gasteiger partial charge is 0.465 e. The van der Waals surface area contributed by atoms with E-state index in [1.165, 1.54) is 13.2 Å². The Hall–Kier alpha value is -1.62. The molecular formula is C14H11Cl3N2O2. The molecule has 2 rings (SSSR count). The van der Waals surface area contributed by atoms with E-state index in [1.54, 1.807) is 24.3 Å². The zero-order valence-electron chi connectivity index (χ0n) is 10.9. The number of nitrogens with two attached hydrogens (primary N) is 1. The lowest BCUT2D eigenvalue weighted by Crippen LogP contribution is -2.06. The standard InChI is InChI=1S/C14H11Cl3N2O2/c1-21-14(20)8-4-7(2-3-12(8)18)19-13-6-10(16)9(15)5-11(13)17/h2-6,19H,18H2,1H3. The van der Waals surface area contributed by atoms with Crippen molar-refractivity contribution >= 4 is 57.8 Å². The number of anilines is 3. The van der Waals surface area contributed by atoms with Gasteiger partial charge in [0.1, 0.15) is 0 Å². The second-order valence-corrected chi connectivity index (χ2v) is 5.39. The van der Waals surface area contributed by atoms with Crippen LogP contribution in [0.2, 0.25) is 15.1 Å². The minimum absolute atomic E-state index is 0.263. The van der Waals surface area contributed by atoms with E-state index in [-0.39, 0.29) is 5.56 Å². The molecule has 0 fully saturated rings. The van der Waals surface area contributed by atoms with Gasteiger partial charge in [-0.25, -0.2) is 4.79 Å². The van der Waals surface area contributed by atoms with Gasteiger partial charge in [-0.15, -0.1) is 0 Å². The smallest absolute Gasteiger partial charge is 0.340 e. The van der Waals surface area contributed by atoms with Crippen LogP contribution in [-0.2, 0) is 4.74 Å². The fourth-order valence-corrected chi connectivity index (χ4v) is 2.29. The van der Waals surface area contributed by atoms with Crippen LogP contribution < -0.4 is 11.1 Å². The number of nitrogens with one attached hydrogen (secondary N) is 1.